The van der Waals surface area contributed by atoms with Crippen LogP contribution in [0, 0.1) is 21.4 Å². The Bertz CT molecular complexity index is 1200. The van der Waals surface area contributed by atoms with E-state index in [2.05, 4.69) is 5.32 Å². The Labute approximate surface area is 229 Å². The largest absolute Gasteiger partial charge is 0.449 e. The van der Waals surface area contributed by atoms with Crippen molar-refractivity contribution in [3.05, 3.63) is 70.3 Å². The minimum Gasteiger partial charge on any atom is -0.449 e. The third kappa shape index (κ3) is 8.21. The molecular weight excluding hydrogens is 526 g/mol. The van der Waals surface area contributed by atoms with Gasteiger partial charge in [-0.15, -0.1) is 0 Å². The van der Waals surface area contributed by atoms with Crippen LogP contribution in [0.5, 0.6) is 0 Å². The number of nitro benzene ring substituents is 1. The van der Waals surface area contributed by atoms with Gasteiger partial charge in [-0.2, -0.15) is 4.31 Å². The maximum atomic E-state index is 13.5. The van der Waals surface area contributed by atoms with Crippen molar-refractivity contribution >= 4 is 21.8 Å². The normalized spacial score (nSPS) is 16.4. The van der Waals surface area contributed by atoms with Gasteiger partial charge in [0.25, 0.3) is 5.69 Å². The Morgan fingerprint density at radius 1 is 1.15 bits per heavy atom. The van der Waals surface area contributed by atoms with Crippen LogP contribution in [0.25, 0.3) is 0 Å². The summed E-state index contributed by atoms with van der Waals surface area (Å²) in [6, 6.07) is 13.0. The van der Waals surface area contributed by atoms with E-state index < -0.39 is 33.2 Å². The number of hydrogen-bond donors (Lipinski definition) is 2. The summed E-state index contributed by atoms with van der Waals surface area (Å²) >= 11 is 0. The van der Waals surface area contributed by atoms with Gasteiger partial charge >= 0.3 is 6.09 Å². The first-order valence-corrected chi connectivity index (χ1v) is 14.4. The average molecular weight is 564 g/mol. The van der Waals surface area contributed by atoms with Crippen LogP contribution in [-0.4, -0.2) is 73.9 Å². The predicted octanol–water partition coefficient (Wildman–Crippen LogP) is 3.37. The van der Waals surface area contributed by atoms with Crippen molar-refractivity contribution in [2.24, 2.45) is 11.3 Å². The molecule has 1 heterocycles. The number of nitrogens with zero attached hydrogens (tertiary/aromatic N) is 2. The third-order valence-electron chi connectivity index (χ3n) is 6.79. The Morgan fingerprint density at radius 2 is 1.79 bits per heavy atom. The fourth-order valence-electron chi connectivity index (χ4n) is 4.25. The second-order valence-corrected chi connectivity index (χ2v) is 12.3. The van der Waals surface area contributed by atoms with Gasteiger partial charge in [-0.05, 0) is 36.5 Å². The number of hydrogen-bond acceptors (Lipinski definition) is 8. The first-order valence-electron chi connectivity index (χ1n) is 12.9. The second kappa shape index (κ2) is 13.3. The average Bonchev–Trinajstić information content (AvgIpc) is 2.88. The first kappa shape index (κ1) is 30.5. The number of ether oxygens (including phenoxy) is 2. The molecule has 0 aromatic heterocycles. The van der Waals surface area contributed by atoms with E-state index in [0.717, 1.165) is 28.4 Å². The number of aliphatic hydroxyl groups excluding tert-OH is 1. The molecule has 1 aliphatic heterocycles. The molecule has 39 heavy (non-hydrogen) atoms. The number of benzene rings is 2. The van der Waals surface area contributed by atoms with Crippen molar-refractivity contribution in [1.29, 1.82) is 0 Å². The number of rotatable bonds is 14. The monoisotopic (exact) mass is 563 g/mol. The highest BCUT2D eigenvalue weighted by atomic mass is 32.2. The lowest BCUT2D eigenvalue weighted by molar-refractivity contribution is -0.384. The molecule has 0 radical (unpaired) electrons. The maximum Gasteiger partial charge on any atom is 0.407 e. The molecule has 2 aromatic carbocycles. The van der Waals surface area contributed by atoms with Gasteiger partial charge in [0.05, 0.1) is 40.6 Å². The van der Waals surface area contributed by atoms with Gasteiger partial charge in [-0.25, -0.2) is 13.2 Å². The van der Waals surface area contributed by atoms with Crippen LogP contribution in [-0.2, 0) is 25.9 Å². The van der Waals surface area contributed by atoms with Gasteiger partial charge in [0, 0.05) is 25.2 Å². The van der Waals surface area contributed by atoms with Crippen molar-refractivity contribution in [1.82, 2.24) is 9.62 Å². The summed E-state index contributed by atoms with van der Waals surface area (Å²) in [7, 11) is -4.10. The Balaban J connectivity index is 1.79. The number of sulfonamides is 1. The van der Waals surface area contributed by atoms with Crippen LogP contribution >= 0.6 is 0 Å². The zero-order valence-electron chi connectivity index (χ0n) is 22.5. The number of carbonyl (C=O) groups excluding carboxylic acids is 1. The highest BCUT2D eigenvalue weighted by Gasteiger charge is 2.39. The number of amides is 1. The number of nitro groups is 1. The molecule has 2 atom stereocenters. The minimum absolute atomic E-state index is 0.0783. The molecule has 12 heteroatoms. The number of carbonyl (C=O) groups is 1. The lowest BCUT2D eigenvalue weighted by atomic mass is 9.84. The lowest BCUT2D eigenvalue weighted by Gasteiger charge is -2.40. The minimum atomic E-state index is -4.10. The van der Waals surface area contributed by atoms with Gasteiger partial charge in [-0.3, -0.25) is 10.1 Å². The van der Waals surface area contributed by atoms with E-state index in [9.17, 15) is 28.4 Å². The molecule has 2 N–H and O–H groups in total. The summed E-state index contributed by atoms with van der Waals surface area (Å²) in [4.78, 5) is 23.0. The fourth-order valence-corrected chi connectivity index (χ4v) is 5.87. The number of aliphatic hydroxyl groups is 1. The predicted molar refractivity (Wildman–Crippen MR) is 145 cm³/mol. The van der Waals surface area contributed by atoms with Crippen molar-refractivity contribution in [2.75, 3.05) is 32.9 Å². The summed E-state index contributed by atoms with van der Waals surface area (Å²) in [5.74, 6) is -0.0783. The second-order valence-electron chi connectivity index (χ2n) is 10.4. The summed E-state index contributed by atoms with van der Waals surface area (Å²) in [6.07, 6.45) is -0.951. The van der Waals surface area contributed by atoms with E-state index in [0.29, 0.717) is 13.2 Å². The van der Waals surface area contributed by atoms with Gasteiger partial charge in [0.15, 0.2) is 0 Å². The maximum absolute atomic E-state index is 13.5. The van der Waals surface area contributed by atoms with Crippen LogP contribution in [0.4, 0.5) is 10.5 Å². The Kier molecular flexibility index (Phi) is 10.4. The van der Waals surface area contributed by atoms with Crippen LogP contribution in [0.1, 0.15) is 32.8 Å². The van der Waals surface area contributed by atoms with Crippen molar-refractivity contribution in [3.63, 3.8) is 0 Å². The Hall–Kier alpha value is -3.06. The number of alkyl carbamates (subject to hydrolysis) is 1. The molecule has 1 fully saturated rings. The summed E-state index contributed by atoms with van der Waals surface area (Å²) in [5, 5.41) is 25.0. The van der Waals surface area contributed by atoms with Crippen LogP contribution in [0.2, 0.25) is 0 Å². The van der Waals surface area contributed by atoms with Crippen LogP contribution in [0.3, 0.4) is 0 Å². The van der Waals surface area contributed by atoms with E-state index in [1.54, 1.807) is 0 Å². The molecule has 11 nitrogen and oxygen atoms in total. The molecule has 1 unspecified atom stereocenters. The number of nitrogens with one attached hydrogen (secondary N) is 1. The first-order chi connectivity index (χ1) is 18.5. The molecule has 0 spiro atoms. The van der Waals surface area contributed by atoms with Gasteiger partial charge in [-0.1, -0.05) is 51.1 Å². The van der Waals surface area contributed by atoms with Crippen molar-refractivity contribution in [2.45, 2.75) is 50.7 Å². The fraction of sp³-hybridized carbons (Fsp3) is 0.519. The standard InChI is InChI=1S/C27H37N3O8S/c1-4-27(17-37-18-27)19-38-26(32)28-24(14-21-8-6-5-7-9-21)25(31)16-29(15-20(2)3)39(35,36)23-12-10-22(11-13-23)30(33)34/h5-13,20,24-25,31H,4,14-19H2,1-3H3,(H,28,32)/t24-,25?/m0/s1. The van der Waals surface area contributed by atoms with E-state index in [1.807, 2.05) is 51.1 Å². The summed E-state index contributed by atoms with van der Waals surface area (Å²) < 4.78 is 38.9. The Morgan fingerprint density at radius 3 is 2.31 bits per heavy atom. The van der Waals surface area contributed by atoms with E-state index in [1.165, 1.54) is 12.1 Å². The topological polar surface area (TPSA) is 148 Å². The van der Waals surface area contributed by atoms with Crippen molar-refractivity contribution in [3.8, 4) is 0 Å². The summed E-state index contributed by atoms with van der Waals surface area (Å²) in [6.45, 7) is 6.68. The van der Waals surface area contributed by atoms with E-state index >= 15 is 0 Å². The third-order valence-corrected chi connectivity index (χ3v) is 8.63. The molecule has 1 amide bonds. The van der Waals surface area contributed by atoms with Gasteiger partial charge < -0.3 is 19.9 Å². The quantitative estimate of drug-likeness (QED) is 0.263. The molecule has 214 valence electrons. The zero-order chi connectivity index (χ0) is 28.6. The van der Waals surface area contributed by atoms with Gasteiger partial charge in [0.2, 0.25) is 10.0 Å². The van der Waals surface area contributed by atoms with Crippen LogP contribution < -0.4 is 5.32 Å². The molecule has 2 aromatic rings. The molecule has 1 aliphatic rings. The van der Waals surface area contributed by atoms with Gasteiger partial charge in [0.1, 0.15) is 6.61 Å². The van der Waals surface area contributed by atoms with E-state index in [-0.39, 0.29) is 48.0 Å². The molecular formula is C27H37N3O8S. The van der Waals surface area contributed by atoms with Crippen molar-refractivity contribution < 1.29 is 32.7 Å². The molecule has 0 saturated carbocycles. The molecule has 3 rings (SSSR count). The smallest absolute Gasteiger partial charge is 0.407 e. The zero-order valence-corrected chi connectivity index (χ0v) is 23.3. The number of non-ortho nitro benzene ring substituents is 1. The highest BCUT2D eigenvalue weighted by molar-refractivity contribution is 7.89. The molecule has 0 bridgehead atoms. The SMILES string of the molecule is CCC1(COC(=O)N[C@@H](Cc2ccccc2)C(O)CN(CC(C)C)S(=O)(=O)c2ccc([N+](=O)[O-])cc2)COC1. The van der Waals surface area contributed by atoms with Crippen LogP contribution in [0.15, 0.2) is 59.5 Å². The molecule has 0 aliphatic carbocycles. The summed E-state index contributed by atoms with van der Waals surface area (Å²) in [5.41, 5.74) is 0.402. The molecule has 1 saturated heterocycles. The van der Waals surface area contributed by atoms with E-state index in [4.69, 9.17) is 9.47 Å². The lowest BCUT2D eigenvalue weighted by Crippen LogP contribution is -2.52. The highest BCUT2D eigenvalue weighted by Crippen LogP contribution is 2.31.